The van der Waals surface area contributed by atoms with Gasteiger partial charge < -0.3 is 4.74 Å². The lowest BCUT2D eigenvalue weighted by Crippen LogP contribution is -1.93. The summed E-state index contributed by atoms with van der Waals surface area (Å²) in [6.45, 7) is 0.705. The molecule has 0 spiro atoms. The second-order valence-electron chi connectivity index (χ2n) is 2.14. The summed E-state index contributed by atoms with van der Waals surface area (Å²) >= 11 is 0. The van der Waals surface area contributed by atoms with Crippen LogP contribution in [0.1, 0.15) is 6.42 Å². The minimum absolute atomic E-state index is 0.705. The standard InChI is InChI=1S/C8H11NO/c1-10-7-8-3-2-5-9-6-4-8/h2-3,5-6H,4,7H2,1H3. The van der Waals surface area contributed by atoms with Crippen molar-refractivity contribution in [3.05, 3.63) is 23.9 Å². The molecule has 0 fully saturated rings. The van der Waals surface area contributed by atoms with Crippen molar-refractivity contribution >= 4 is 6.21 Å². The summed E-state index contributed by atoms with van der Waals surface area (Å²) in [6.07, 6.45) is 8.53. The third-order valence-corrected chi connectivity index (χ3v) is 1.29. The zero-order chi connectivity index (χ0) is 7.23. The number of ether oxygens (including phenoxy) is 1. The van der Waals surface area contributed by atoms with Gasteiger partial charge in [0.2, 0.25) is 0 Å². The zero-order valence-corrected chi connectivity index (χ0v) is 6.08. The molecule has 1 aliphatic heterocycles. The number of methoxy groups -OCH3 is 1. The molecule has 0 aromatic heterocycles. The third-order valence-electron chi connectivity index (χ3n) is 1.29. The summed E-state index contributed by atoms with van der Waals surface area (Å²) in [5.41, 5.74) is 1.26. The summed E-state index contributed by atoms with van der Waals surface area (Å²) in [5, 5.41) is 0. The molecule has 0 aliphatic carbocycles. The van der Waals surface area contributed by atoms with Gasteiger partial charge in [-0.1, -0.05) is 6.08 Å². The van der Waals surface area contributed by atoms with E-state index >= 15 is 0 Å². The quantitative estimate of drug-likeness (QED) is 0.565. The number of rotatable bonds is 2. The highest BCUT2D eigenvalue weighted by Crippen LogP contribution is 2.02. The first kappa shape index (κ1) is 7.22. The largest absolute Gasteiger partial charge is 0.380 e. The molecule has 0 bridgehead atoms. The SMILES string of the molecule is COCC1=CC=CN=CC1. The lowest BCUT2D eigenvalue weighted by atomic mass is 10.2. The summed E-state index contributed by atoms with van der Waals surface area (Å²) < 4.78 is 4.97. The van der Waals surface area contributed by atoms with Crippen molar-refractivity contribution in [3.63, 3.8) is 0 Å². The van der Waals surface area contributed by atoms with Crippen molar-refractivity contribution in [1.29, 1.82) is 0 Å². The van der Waals surface area contributed by atoms with Crippen LogP contribution in [0.2, 0.25) is 0 Å². The maximum atomic E-state index is 4.97. The minimum atomic E-state index is 0.705. The van der Waals surface area contributed by atoms with Crippen LogP contribution in [-0.2, 0) is 4.74 Å². The Morgan fingerprint density at radius 3 is 3.40 bits per heavy atom. The van der Waals surface area contributed by atoms with E-state index in [-0.39, 0.29) is 0 Å². The van der Waals surface area contributed by atoms with E-state index in [9.17, 15) is 0 Å². The predicted molar refractivity (Wildman–Crippen MR) is 42.2 cm³/mol. The molecule has 0 N–H and O–H groups in total. The van der Waals surface area contributed by atoms with Gasteiger partial charge >= 0.3 is 0 Å². The number of nitrogens with zero attached hydrogens (tertiary/aromatic N) is 1. The van der Waals surface area contributed by atoms with Crippen LogP contribution in [0.15, 0.2) is 28.9 Å². The fraction of sp³-hybridized carbons (Fsp3) is 0.375. The predicted octanol–water partition coefficient (Wildman–Crippen LogP) is 1.55. The highest BCUT2D eigenvalue weighted by Gasteiger charge is 1.93. The highest BCUT2D eigenvalue weighted by atomic mass is 16.5. The van der Waals surface area contributed by atoms with Gasteiger partial charge in [-0.05, 0) is 11.6 Å². The van der Waals surface area contributed by atoms with Crippen LogP contribution in [0.3, 0.4) is 0 Å². The summed E-state index contributed by atoms with van der Waals surface area (Å²) in [7, 11) is 1.70. The van der Waals surface area contributed by atoms with E-state index in [2.05, 4.69) is 4.99 Å². The molecular weight excluding hydrogens is 126 g/mol. The van der Waals surface area contributed by atoms with Crippen LogP contribution in [0.4, 0.5) is 0 Å². The summed E-state index contributed by atoms with van der Waals surface area (Å²) in [4.78, 5) is 3.99. The molecule has 1 heterocycles. The smallest absolute Gasteiger partial charge is 0.0679 e. The monoisotopic (exact) mass is 137 g/mol. The van der Waals surface area contributed by atoms with Gasteiger partial charge in [-0.15, -0.1) is 0 Å². The van der Waals surface area contributed by atoms with E-state index < -0.39 is 0 Å². The van der Waals surface area contributed by atoms with Crippen molar-refractivity contribution in [2.75, 3.05) is 13.7 Å². The molecule has 0 saturated carbocycles. The molecule has 0 aromatic carbocycles. The Balaban J connectivity index is 2.50. The van der Waals surface area contributed by atoms with Crippen molar-refractivity contribution in [1.82, 2.24) is 0 Å². The van der Waals surface area contributed by atoms with Crippen molar-refractivity contribution in [3.8, 4) is 0 Å². The van der Waals surface area contributed by atoms with Gasteiger partial charge in [0.1, 0.15) is 0 Å². The van der Waals surface area contributed by atoms with Gasteiger partial charge in [-0.25, -0.2) is 0 Å². The normalized spacial score (nSPS) is 16.7. The van der Waals surface area contributed by atoms with E-state index in [1.165, 1.54) is 5.57 Å². The van der Waals surface area contributed by atoms with Crippen LogP contribution in [0.5, 0.6) is 0 Å². The first-order valence-corrected chi connectivity index (χ1v) is 3.28. The molecular formula is C8H11NO. The van der Waals surface area contributed by atoms with Gasteiger partial charge in [0.25, 0.3) is 0 Å². The molecule has 1 rings (SSSR count). The highest BCUT2D eigenvalue weighted by molar-refractivity contribution is 5.63. The first-order chi connectivity index (χ1) is 4.93. The Hall–Kier alpha value is -0.890. The van der Waals surface area contributed by atoms with Crippen molar-refractivity contribution in [2.24, 2.45) is 4.99 Å². The lowest BCUT2D eigenvalue weighted by molar-refractivity contribution is 0.225. The van der Waals surface area contributed by atoms with Crippen LogP contribution in [0.25, 0.3) is 0 Å². The first-order valence-electron chi connectivity index (χ1n) is 3.28. The van der Waals surface area contributed by atoms with Crippen molar-refractivity contribution in [2.45, 2.75) is 6.42 Å². The van der Waals surface area contributed by atoms with Gasteiger partial charge in [0, 0.05) is 25.9 Å². The van der Waals surface area contributed by atoms with Crippen molar-refractivity contribution < 1.29 is 4.74 Å². The molecule has 54 valence electrons. The van der Waals surface area contributed by atoms with Gasteiger partial charge in [-0.3, -0.25) is 4.99 Å². The molecule has 2 nitrogen and oxygen atoms in total. The Kier molecular flexibility index (Phi) is 2.90. The molecule has 0 unspecified atom stereocenters. The van der Waals surface area contributed by atoms with E-state index in [0.29, 0.717) is 6.61 Å². The third kappa shape index (κ3) is 2.15. The van der Waals surface area contributed by atoms with E-state index in [4.69, 9.17) is 4.74 Å². The number of allylic oxidation sites excluding steroid dienone is 2. The Morgan fingerprint density at radius 1 is 1.70 bits per heavy atom. The van der Waals surface area contributed by atoms with E-state index in [0.717, 1.165) is 6.42 Å². The molecule has 1 aliphatic rings. The van der Waals surface area contributed by atoms with Crippen LogP contribution >= 0.6 is 0 Å². The summed E-state index contributed by atoms with van der Waals surface area (Å²) in [5.74, 6) is 0. The van der Waals surface area contributed by atoms with Gasteiger partial charge in [0.15, 0.2) is 0 Å². The molecule has 0 atom stereocenters. The number of aliphatic imine (C=N–C) groups is 1. The average molecular weight is 137 g/mol. The maximum absolute atomic E-state index is 4.97. The fourth-order valence-electron chi connectivity index (χ4n) is 0.820. The summed E-state index contributed by atoms with van der Waals surface area (Å²) in [6, 6.07) is 0. The van der Waals surface area contributed by atoms with Gasteiger partial charge in [-0.2, -0.15) is 0 Å². The lowest BCUT2D eigenvalue weighted by Gasteiger charge is -1.98. The van der Waals surface area contributed by atoms with Crippen LogP contribution in [0, 0.1) is 0 Å². The van der Waals surface area contributed by atoms with Crippen LogP contribution < -0.4 is 0 Å². The van der Waals surface area contributed by atoms with Gasteiger partial charge in [0.05, 0.1) is 6.61 Å². The zero-order valence-electron chi connectivity index (χ0n) is 6.08. The Labute approximate surface area is 60.9 Å². The molecule has 0 aromatic rings. The second-order valence-corrected chi connectivity index (χ2v) is 2.14. The Morgan fingerprint density at radius 2 is 2.60 bits per heavy atom. The Bertz CT molecular complexity index is 180. The number of hydrogen-bond acceptors (Lipinski definition) is 2. The topological polar surface area (TPSA) is 21.6 Å². The molecule has 10 heavy (non-hydrogen) atoms. The average Bonchev–Trinajstić information content (AvgIpc) is 2.17. The molecule has 0 saturated heterocycles. The second kappa shape index (κ2) is 4.01. The molecule has 0 radical (unpaired) electrons. The minimum Gasteiger partial charge on any atom is -0.380 e. The van der Waals surface area contributed by atoms with E-state index in [1.807, 2.05) is 18.4 Å². The number of hydrogen-bond donors (Lipinski definition) is 0. The molecule has 2 heteroatoms. The fourth-order valence-corrected chi connectivity index (χ4v) is 0.820. The van der Waals surface area contributed by atoms with E-state index in [1.54, 1.807) is 13.3 Å². The maximum Gasteiger partial charge on any atom is 0.0679 e. The van der Waals surface area contributed by atoms with Crippen LogP contribution in [-0.4, -0.2) is 19.9 Å². The molecule has 0 amide bonds.